The Labute approximate surface area is 259 Å². The zero-order valence-electron chi connectivity index (χ0n) is 25.0. The Hall–Kier alpha value is -4.50. The minimum atomic E-state index is -4.19. The second-order valence-electron chi connectivity index (χ2n) is 10.6. The third-order valence-corrected chi connectivity index (χ3v) is 9.12. The number of carbonyl (C=O) groups excluding carboxylic acids is 2. The first-order valence-corrected chi connectivity index (χ1v) is 16.1. The van der Waals surface area contributed by atoms with Crippen LogP contribution in [-0.2, 0) is 32.6 Å². The third-order valence-electron chi connectivity index (χ3n) is 7.33. The van der Waals surface area contributed by atoms with Gasteiger partial charge >= 0.3 is 0 Å². The lowest BCUT2D eigenvalue weighted by molar-refractivity contribution is -0.140. The standard InChI is InChI=1S/C35H38FN3O4S/c1-3-4-23-37-35(41)33(24-28-13-7-5-8-14-28)38(25-29-15-11-12-18-32(29)36)34(40)26-39(30-16-9-6-10-17-30)44(42,43)31-21-19-27(2)20-22-31/h5-22,33H,3-4,23-26H2,1-2H3,(H,37,41)/t33-/m1/s1. The van der Waals surface area contributed by atoms with E-state index in [1.54, 1.807) is 60.7 Å². The molecule has 4 aromatic rings. The van der Waals surface area contributed by atoms with Crippen molar-refractivity contribution in [2.75, 3.05) is 17.4 Å². The number of amides is 2. The quantitative estimate of drug-likeness (QED) is 0.179. The molecule has 230 valence electrons. The van der Waals surface area contributed by atoms with Crippen LogP contribution in [0.25, 0.3) is 0 Å². The van der Waals surface area contributed by atoms with Crippen LogP contribution in [0.1, 0.15) is 36.5 Å². The average Bonchev–Trinajstić information content (AvgIpc) is 3.03. The van der Waals surface area contributed by atoms with E-state index in [9.17, 15) is 22.4 Å². The summed E-state index contributed by atoms with van der Waals surface area (Å²) in [6, 6.07) is 29.0. The number of para-hydroxylation sites is 1. The molecule has 0 aliphatic carbocycles. The minimum absolute atomic E-state index is 0.0264. The summed E-state index contributed by atoms with van der Waals surface area (Å²) in [7, 11) is -4.19. The fourth-order valence-electron chi connectivity index (χ4n) is 4.83. The predicted molar refractivity (Wildman–Crippen MR) is 171 cm³/mol. The zero-order valence-corrected chi connectivity index (χ0v) is 25.8. The normalized spacial score (nSPS) is 11.9. The Morgan fingerprint density at radius 3 is 2.09 bits per heavy atom. The molecule has 0 fully saturated rings. The van der Waals surface area contributed by atoms with E-state index >= 15 is 0 Å². The molecule has 0 heterocycles. The summed E-state index contributed by atoms with van der Waals surface area (Å²) in [5.41, 5.74) is 2.20. The Kier molecular flexibility index (Phi) is 11.3. The Balaban J connectivity index is 1.78. The van der Waals surface area contributed by atoms with Gasteiger partial charge in [-0.05, 0) is 49.2 Å². The van der Waals surface area contributed by atoms with Crippen molar-refractivity contribution in [3.8, 4) is 0 Å². The van der Waals surface area contributed by atoms with Crippen LogP contribution < -0.4 is 9.62 Å². The van der Waals surface area contributed by atoms with Crippen molar-refractivity contribution in [3.63, 3.8) is 0 Å². The summed E-state index contributed by atoms with van der Waals surface area (Å²) in [5.74, 6) is -1.55. The van der Waals surface area contributed by atoms with Gasteiger partial charge in [-0.25, -0.2) is 12.8 Å². The smallest absolute Gasteiger partial charge is 0.264 e. The van der Waals surface area contributed by atoms with Crippen molar-refractivity contribution in [1.82, 2.24) is 10.2 Å². The van der Waals surface area contributed by atoms with Gasteiger partial charge in [-0.3, -0.25) is 13.9 Å². The van der Waals surface area contributed by atoms with Gasteiger partial charge in [0, 0.05) is 25.1 Å². The molecular formula is C35H38FN3O4S. The van der Waals surface area contributed by atoms with Crippen molar-refractivity contribution >= 4 is 27.5 Å². The Morgan fingerprint density at radius 1 is 0.841 bits per heavy atom. The molecule has 0 saturated carbocycles. The maximum Gasteiger partial charge on any atom is 0.264 e. The minimum Gasteiger partial charge on any atom is -0.354 e. The summed E-state index contributed by atoms with van der Waals surface area (Å²) in [6.45, 7) is 3.46. The summed E-state index contributed by atoms with van der Waals surface area (Å²) in [4.78, 5) is 29.4. The molecule has 0 aliphatic heterocycles. The molecule has 0 aliphatic rings. The van der Waals surface area contributed by atoms with Crippen molar-refractivity contribution < 1.29 is 22.4 Å². The summed E-state index contributed by atoms with van der Waals surface area (Å²) in [6.07, 6.45) is 1.78. The van der Waals surface area contributed by atoms with Crippen LogP contribution in [0, 0.1) is 12.7 Å². The first-order valence-electron chi connectivity index (χ1n) is 14.7. The molecule has 0 spiro atoms. The van der Waals surface area contributed by atoms with Crippen LogP contribution >= 0.6 is 0 Å². The molecule has 4 rings (SSSR count). The van der Waals surface area contributed by atoms with Gasteiger partial charge in [-0.15, -0.1) is 0 Å². The van der Waals surface area contributed by atoms with Gasteiger partial charge < -0.3 is 10.2 Å². The second kappa shape index (κ2) is 15.3. The lowest BCUT2D eigenvalue weighted by atomic mass is 10.0. The van der Waals surface area contributed by atoms with Crippen LogP contribution in [0.4, 0.5) is 10.1 Å². The lowest BCUT2D eigenvalue weighted by Crippen LogP contribution is -2.53. The number of benzene rings is 4. The van der Waals surface area contributed by atoms with Crippen LogP contribution in [0.3, 0.4) is 0 Å². The van der Waals surface area contributed by atoms with Gasteiger partial charge in [0.25, 0.3) is 10.0 Å². The van der Waals surface area contributed by atoms with E-state index in [1.165, 1.54) is 23.1 Å². The number of hydrogen-bond acceptors (Lipinski definition) is 4. The highest BCUT2D eigenvalue weighted by atomic mass is 32.2. The number of rotatable bonds is 14. The summed E-state index contributed by atoms with van der Waals surface area (Å²) >= 11 is 0. The predicted octanol–water partition coefficient (Wildman–Crippen LogP) is 5.89. The fourth-order valence-corrected chi connectivity index (χ4v) is 6.24. The highest BCUT2D eigenvalue weighted by Crippen LogP contribution is 2.25. The number of aryl methyl sites for hydroxylation is 1. The second-order valence-corrected chi connectivity index (χ2v) is 12.5. The largest absolute Gasteiger partial charge is 0.354 e. The Morgan fingerprint density at radius 2 is 1.45 bits per heavy atom. The zero-order chi connectivity index (χ0) is 31.5. The van der Waals surface area contributed by atoms with Crippen LogP contribution in [-0.4, -0.2) is 44.3 Å². The monoisotopic (exact) mass is 615 g/mol. The first-order chi connectivity index (χ1) is 21.2. The van der Waals surface area contributed by atoms with Gasteiger partial charge in [-0.1, -0.05) is 97.8 Å². The molecule has 0 radical (unpaired) electrons. The number of unbranched alkanes of at least 4 members (excludes halogenated alkanes) is 1. The van der Waals surface area contributed by atoms with Gasteiger partial charge in [0.05, 0.1) is 10.6 Å². The van der Waals surface area contributed by atoms with Crippen molar-refractivity contribution in [2.24, 2.45) is 0 Å². The molecule has 0 bridgehead atoms. The fraction of sp³-hybridized carbons (Fsp3) is 0.257. The van der Waals surface area contributed by atoms with Crippen LogP contribution in [0.2, 0.25) is 0 Å². The number of anilines is 1. The molecule has 0 saturated heterocycles. The average molecular weight is 616 g/mol. The van der Waals surface area contributed by atoms with Crippen LogP contribution in [0.5, 0.6) is 0 Å². The van der Waals surface area contributed by atoms with Gasteiger partial charge in [0.2, 0.25) is 11.8 Å². The number of halogens is 1. The first kappa shape index (κ1) is 32.4. The number of hydrogen-bond donors (Lipinski definition) is 1. The Bertz CT molecular complexity index is 1630. The highest BCUT2D eigenvalue weighted by Gasteiger charge is 2.34. The maximum atomic E-state index is 15.0. The van der Waals surface area contributed by atoms with E-state index in [1.807, 2.05) is 44.2 Å². The summed E-state index contributed by atoms with van der Waals surface area (Å²) in [5, 5.41) is 2.93. The SMILES string of the molecule is CCCCNC(=O)[C@@H](Cc1ccccc1)N(Cc1ccccc1F)C(=O)CN(c1ccccc1)S(=O)(=O)c1ccc(C)cc1. The number of nitrogens with one attached hydrogen (secondary N) is 1. The van der Waals surface area contributed by atoms with Gasteiger partial charge in [0.15, 0.2) is 0 Å². The number of nitrogens with zero attached hydrogens (tertiary/aromatic N) is 2. The molecule has 1 N–H and O–H groups in total. The van der Waals surface area contributed by atoms with Crippen LogP contribution in [0.15, 0.2) is 114 Å². The number of carbonyl (C=O) groups is 2. The molecule has 4 aromatic carbocycles. The van der Waals surface area contributed by atoms with Gasteiger partial charge in [0.1, 0.15) is 18.4 Å². The summed E-state index contributed by atoms with van der Waals surface area (Å²) < 4.78 is 44.0. The van der Waals surface area contributed by atoms with E-state index in [-0.39, 0.29) is 29.3 Å². The molecule has 44 heavy (non-hydrogen) atoms. The van der Waals surface area contributed by atoms with Crippen molar-refractivity contribution in [2.45, 2.75) is 50.6 Å². The molecule has 0 unspecified atom stereocenters. The third kappa shape index (κ3) is 8.32. The van der Waals surface area contributed by atoms with Crippen molar-refractivity contribution in [1.29, 1.82) is 0 Å². The molecule has 2 amide bonds. The van der Waals surface area contributed by atoms with E-state index < -0.39 is 34.3 Å². The van der Waals surface area contributed by atoms with E-state index in [0.29, 0.717) is 12.2 Å². The number of sulfonamides is 1. The molecule has 0 aromatic heterocycles. The molecule has 9 heteroatoms. The maximum absolute atomic E-state index is 15.0. The molecular weight excluding hydrogens is 577 g/mol. The molecule has 1 atom stereocenters. The van der Waals surface area contributed by atoms with E-state index in [4.69, 9.17) is 0 Å². The highest BCUT2D eigenvalue weighted by molar-refractivity contribution is 7.92. The van der Waals surface area contributed by atoms with Crippen molar-refractivity contribution in [3.05, 3.63) is 132 Å². The van der Waals surface area contributed by atoms with Gasteiger partial charge in [-0.2, -0.15) is 0 Å². The van der Waals surface area contributed by atoms with E-state index in [2.05, 4.69) is 5.32 Å². The topological polar surface area (TPSA) is 86.8 Å². The lowest BCUT2D eigenvalue weighted by Gasteiger charge is -2.34. The molecule has 7 nitrogen and oxygen atoms in total. The van der Waals surface area contributed by atoms with E-state index in [0.717, 1.165) is 28.3 Å².